The summed E-state index contributed by atoms with van der Waals surface area (Å²) in [6.07, 6.45) is -1.37. The van der Waals surface area contributed by atoms with Gasteiger partial charge in [-0.15, -0.1) is 0 Å². The molecule has 0 aliphatic heterocycles. The van der Waals surface area contributed by atoms with Crippen molar-refractivity contribution in [2.75, 3.05) is 0 Å². The van der Waals surface area contributed by atoms with E-state index in [1.807, 2.05) is 0 Å². The maximum absolute atomic E-state index is 12.8. The van der Waals surface area contributed by atoms with Crippen molar-refractivity contribution in [1.82, 2.24) is 0 Å². The Morgan fingerprint density at radius 2 is 1.82 bits per heavy atom. The van der Waals surface area contributed by atoms with Crippen LogP contribution >= 0.6 is 11.6 Å². The number of hydrogen-bond acceptors (Lipinski definition) is 6. The number of ether oxygens (including phenoxy) is 3. The molecule has 2 aromatic rings. The van der Waals surface area contributed by atoms with E-state index in [0.717, 1.165) is 56.4 Å². The maximum atomic E-state index is 12.8. The molecule has 0 N–H and O–H groups in total. The third-order valence-electron chi connectivity index (χ3n) is 5.09. The lowest BCUT2D eigenvalue weighted by atomic mass is 9.98. The number of esters is 1. The monoisotopic (exact) mass is 487 g/mol. The van der Waals surface area contributed by atoms with Crippen molar-refractivity contribution >= 4 is 23.3 Å². The Labute approximate surface area is 192 Å². The van der Waals surface area contributed by atoms with E-state index in [1.54, 1.807) is 0 Å². The Morgan fingerprint density at radius 1 is 1.12 bits per heavy atom. The summed E-state index contributed by atoms with van der Waals surface area (Å²) in [6, 6.07) is 6.05. The Kier molecular flexibility index (Phi) is 7.68. The minimum Gasteiger partial charge on any atom is -0.472 e. The molecule has 178 valence electrons. The molecule has 1 aliphatic rings. The van der Waals surface area contributed by atoms with Crippen molar-refractivity contribution in [2.45, 2.75) is 57.4 Å². The van der Waals surface area contributed by atoms with E-state index in [0.29, 0.717) is 6.07 Å². The second-order valence-corrected chi connectivity index (χ2v) is 8.00. The fourth-order valence-corrected chi connectivity index (χ4v) is 3.59. The third-order valence-corrected chi connectivity index (χ3v) is 5.38. The molecule has 1 saturated carbocycles. The predicted molar refractivity (Wildman–Crippen MR) is 113 cm³/mol. The van der Waals surface area contributed by atoms with Crippen LogP contribution < -0.4 is 9.47 Å². The zero-order chi connectivity index (χ0) is 24.2. The highest BCUT2D eigenvalue weighted by Gasteiger charge is 2.31. The zero-order valence-corrected chi connectivity index (χ0v) is 18.3. The molecule has 0 saturated heterocycles. The molecule has 0 bridgehead atoms. The van der Waals surface area contributed by atoms with E-state index < -0.39 is 34.4 Å². The first-order valence-corrected chi connectivity index (χ1v) is 10.6. The average Bonchev–Trinajstić information content (AvgIpc) is 2.75. The minimum absolute atomic E-state index is 0.0186. The standard InChI is InChI=1S/C22H21ClF3NO6/c1-13(21(28)33-15-5-3-2-4-6-15)31-20-12-16(8-9-18(20)27(29)30)32-19-10-7-14(11-17(19)23)22(24,25)26/h7-13,15H,2-6H2,1H3. The molecule has 1 atom stereocenters. The van der Waals surface area contributed by atoms with Gasteiger partial charge in [0, 0.05) is 12.1 Å². The number of nitro benzene ring substituents is 1. The lowest BCUT2D eigenvalue weighted by molar-refractivity contribution is -0.386. The Balaban J connectivity index is 1.76. The van der Waals surface area contributed by atoms with Crippen LogP contribution in [0.1, 0.15) is 44.6 Å². The molecule has 0 heterocycles. The second kappa shape index (κ2) is 10.3. The Bertz CT molecular complexity index is 1020. The van der Waals surface area contributed by atoms with Crippen molar-refractivity contribution in [3.63, 3.8) is 0 Å². The molecule has 11 heteroatoms. The van der Waals surface area contributed by atoms with Gasteiger partial charge in [0.1, 0.15) is 17.6 Å². The molecule has 1 unspecified atom stereocenters. The van der Waals surface area contributed by atoms with Gasteiger partial charge in [-0.3, -0.25) is 10.1 Å². The number of nitrogens with zero attached hydrogens (tertiary/aromatic N) is 1. The molecule has 2 aromatic carbocycles. The molecule has 7 nitrogen and oxygen atoms in total. The first kappa shape index (κ1) is 24.6. The van der Waals surface area contributed by atoms with Gasteiger partial charge < -0.3 is 14.2 Å². The largest absolute Gasteiger partial charge is 0.472 e. The van der Waals surface area contributed by atoms with Gasteiger partial charge in [-0.25, -0.2) is 4.79 Å². The van der Waals surface area contributed by atoms with Crippen LogP contribution in [0.25, 0.3) is 0 Å². The van der Waals surface area contributed by atoms with Crippen molar-refractivity contribution < 1.29 is 37.1 Å². The van der Waals surface area contributed by atoms with Crippen LogP contribution in [-0.4, -0.2) is 23.1 Å². The van der Waals surface area contributed by atoms with Crippen molar-refractivity contribution in [2.24, 2.45) is 0 Å². The zero-order valence-electron chi connectivity index (χ0n) is 17.6. The Hall–Kier alpha value is -3.01. The summed E-state index contributed by atoms with van der Waals surface area (Å²) in [5.41, 5.74) is -1.36. The smallest absolute Gasteiger partial charge is 0.416 e. The number of nitro groups is 1. The van der Waals surface area contributed by atoms with Gasteiger partial charge in [0.2, 0.25) is 5.75 Å². The van der Waals surface area contributed by atoms with Crippen LogP contribution in [0, 0.1) is 10.1 Å². The van der Waals surface area contributed by atoms with Gasteiger partial charge in [0.25, 0.3) is 0 Å². The minimum atomic E-state index is -4.57. The quantitative estimate of drug-likeness (QED) is 0.245. The van der Waals surface area contributed by atoms with Crippen LogP contribution in [0.15, 0.2) is 36.4 Å². The van der Waals surface area contributed by atoms with Gasteiger partial charge in [0.15, 0.2) is 6.10 Å². The summed E-state index contributed by atoms with van der Waals surface area (Å²) in [5.74, 6) is -0.971. The maximum Gasteiger partial charge on any atom is 0.416 e. The molecule has 0 radical (unpaired) electrons. The van der Waals surface area contributed by atoms with E-state index >= 15 is 0 Å². The molecular weight excluding hydrogens is 467 g/mol. The van der Waals surface area contributed by atoms with Crippen LogP contribution in [0.5, 0.6) is 17.2 Å². The van der Waals surface area contributed by atoms with E-state index in [-0.39, 0.29) is 28.4 Å². The normalized spacial score (nSPS) is 15.5. The highest BCUT2D eigenvalue weighted by molar-refractivity contribution is 6.32. The average molecular weight is 488 g/mol. The number of rotatable bonds is 7. The van der Waals surface area contributed by atoms with Crippen LogP contribution in [0.2, 0.25) is 5.02 Å². The number of benzene rings is 2. The summed E-state index contributed by atoms with van der Waals surface area (Å²) in [6.45, 7) is 1.41. The van der Waals surface area contributed by atoms with Gasteiger partial charge in [-0.1, -0.05) is 18.0 Å². The summed E-state index contributed by atoms with van der Waals surface area (Å²) < 4.78 is 54.9. The molecule has 0 aromatic heterocycles. The molecule has 1 fully saturated rings. The molecule has 3 rings (SSSR count). The third kappa shape index (κ3) is 6.50. The fraction of sp³-hybridized carbons (Fsp3) is 0.409. The SMILES string of the molecule is CC(Oc1cc(Oc2ccc(C(F)(F)F)cc2Cl)ccc1[N+](=O)[O-])C(=O)OC1CCCCC1. The summed E-state index contributed by atoms with van der Waals surface area (Å²) in [4.78, 5) is 23.1. The van der Waals surface area contributed by atoms with Gasteiger partial charge in [-0.2, -0.15) is 13.2 Å². The van der Waals surface area contributed by atoms with Crippen LogP contribution in [-0.2, 0) is 15.7 Å². The number of hydrogen-bond donors (Lipinski definition) is 0. The number of carbonyl (C=O) groups excluding carboxylic acids is 1. The van der Waals surface area contributed by atoms with Crippen molar-refractivity contribution in [3.05, 3.63) is 57.1 Å². The van der Waals surface area contributed by atoms with Gasteiger partial charge in [0.05, 0.1) is 15.5 Å². The summed E-state index contributed by atoms with van der Waals surface area (Å²) in [5, 5.41) is 11.1. The van der Waals surface area contributed by atoms with Crippen molar-refractivity contribution in [1.29, 1.82) is 0 Å². The number of carbonyl (C=O) groups is 1. The fourth-order valence-electron chi connectivity index (χ4n) is 3.37. The van der Waals surface area contributed by atoms with Crippen molar-refractivity contribution in [3.8, 4) is 17.2 Å². The number of halogens is 4. The molecule has 0 amide bonds. The first-order chi connectivity index (χ1) is 15.5. The van der Waals surface area contributed by atoms with E-state index in [4.69, 9.17) is 25.8 Å². The second-order valence-electron chi connectivity index (χ2n) is 7.59. The first-order valence-electron chi connectivity index (χ1n) is 10.2. The van der Waals surface area contributed by atoms with E-state index in [2.05, 4.69) is 0 Å². The lowest BCUT2D eigenvalue weighted by Gasteiger charge is -2.23. The molecule has 33 heavy (non-hydrogen) atoms. The lowest BCUT2D eigenvalue weighted by Crippen LogP contribution is -2.31. The highest BCUT2D eigenvalue weighted by atomic mass is 35.5. The highest BCUT2D eigenvalue weighted by Crippen LogP contribution is 2.38. The van der Waals surface area contributed by atoms with E-state index in [9.17, 15) is 28.1 Å². The Morgan fingerprint density at radius 3 is 2.42 bits per heavy atom. The molecule has 0 spiro atoms. The topological polar surface area (TPSA) is 87.9 Å². The molecular formula is C22H21ClF3NO6. The summed E-state index contributed by atoms with van der Waals surface area (Å²) in [7, 11) is 0. The predicted octanol–water partition coefficient (Wildman–Crippen LogP) is 6.70. The van der Waals surface area contributed by atoms with Crippen LogP contribution in [0.4, 0.5) is 18.9 Å². The van der Waals surface area contributed by atoms with Crippen LogP contribution in [0.3, 0.4) is 0 Å². The molecule has 1 aliphatic carbocycles. The van der Waals surface area contributed by atoms with Gasteiger partial charge in [-0.05, 0) is 56.9 Å². The van der Waals surface area contributed by atoms with E-state index in [1.165, 1.54) is 13.0 Å². The van der Waals surface area contributed by atoms with Gasteiger partial charge >= 0.3 is 17.8 Å². The summed E-state index contributed by atoms with van der Waals surface area (Å²) >= 11 is 5.90. The number of alkyl halides is 3.